The second-order valence-electron chi connectivity index (χ2n) is 2.10. The van der Waals surface area contributed by atoms with Crippen LogP contribution in [0.15, 0.2) is 21.7 Å². The van der Waals surface area contributed by atoms with Crippen molar-refractivity contribution in [2.75, 3.05) is 0 Å². The van der Waals surface area contributed by atoms with Crippen molar-refractivity contribution in [3.8, 4) is 5.75 Å². The highest BCUT2D eigenvalue weighted by Gasteiger charge is 2.04. The highest BCUT2D eigenvalue weighted by molar-refractivity contribution is 14.1. The van der Waals surface area contributed by atoms with Crippen LogP contribution < -0.4 is 5.84 Å². The van der Waals surface area contributed by atoms with Gasteiger partial charge in [0.25, 0.3) is 0 Å². The molecule has 1 rings (SSSR count). The summed E-state index contributed by atoms with van der Waals surface area (Å²) in [7, 11) is 0. The minimum absolute atomic E-state index is 0.202. The third-order valence-corrected chi connectivity index (χ3v) is 2.55. The molecule has 0 aliphatic rings. The number of rotatable bonds is 1. The minimum Gasteiger partial charge on any atom is -0.506 e. The Kier molecular flexibility index (Phi) is 3.33. The Bertz CT molecular complexity index is 327. The van der Waals surface area contributed by atoms with Gasteiger partial charge < -0.3 is 10.9 Å². The van der Waals surface area contributed by atoms with Gasteiger partial charge in [-0.25, -0.2) is 0 Å². The maximum Gasteiger partial charge on any atom is 0.137 e. The van der Waals surface area contributed by atoms with E-state index in [1.165, 1.54) is 6.21 Å². The lowest BCUT2D eigenvalue weighted by atomic mass is 10.2. The minimum atomic E-state index is 0.202. The number of phenolic OH excluding ortho intramolecular Hbond substituents is 1. The molecule has 0 fully saturated rings. The van der Waals surface area contributed by atoms with Gasteiger partial charge in [-0.1, -0.05) is 15.9 Å². The van der Waals surface area contributed by atoms with E-state index in [2.05, 4.69) is 21.0 Å². The number of nitrogens with zero attached hydrogens (tertiary/aromatic N) is 1. The molecule has 0 aliphatic carbocycles. The van der Waals surface area contributed by atoms with E-state index in [9.17, 15) is 5.11 Å². The standard InChI is InChI=1S/C7H6BrIN2O/c8-5-1-4(3-11-10)7(12)6(9)2-5/h1-3,12H,10H2. The molecule has 1 aromatic carbocycles. The van der Waals surface area contributed by atoms with Crippen LogP contribution in [0.3, 0.4) is 0 Å². The second kappa shape index (κ2) is 4.08. The predicted molar refractivity (Wildman–Crippen MR) is 60.3 cm³/mol. The molecular formula is C7H6BrIN2O. The maximum absolute atomic E-state index is 9.48. The summed E-state index contributed by atoms with van der Waals surface area (Å²) in [6.07, 6.45) is 1.41. The summed E-state index contributed by atoms with van der Waals surface area (Å²) in [5, 5.41) is 12.8. The van der Waals surface area contributed by atoms with Crippen molar-refractivity contribution in [1.82, 2.24) is 0 Å². The van der Waals surface area contributed by atoms with E-state index >= 15 is 0 Å². The molecule has 0 unspecified atom stereocenters. The first kappa shape index (κ1) is 9.79. The first-order valence-electron chi connectivity index (χ1n) is 3.06. The lowest BCUT2D eigenvalue weighted by Crippen LogP contribution is -1.89. The van der Waals surface area contributed by atoms with Crippen molar-refractivity contribution < 1.29 is 5.11 Å². The molecule has 0 saturated carbocycles. The second-order valence-corrected chi connectivity index (χ2v) is 4.18. The van der Waals surface area contributed by atoms with E-state index in [0.717, 1.165) is 8.04 Å². The summed E-state index contributed by atoms with van der Waals surface area (Å²) in [5.41, 5.74) is 0.608. The molecule has 0 aromatic heterocycles. The Hall–Kier alpha value is -0.300. The molecule has 0 aliphatic heterocycles. The number of nitrogens with two attached hydrogens (primary N) is 1. The van der Waals surface area contributed by atoms with E-state index in [0.29, 0.717) is 5.56 Å². The first-order chi connectivity index (χ1) is 5.65. The maximum atomic E-state index is 9.48. The Morgan fingerprint density at radius 2 is 2.25 bits per heavy atom. The number of phenols is 1. The molecule has 3 N–H and O–H groups in total. The number of benzene rings is 1. The summed E-state index contributed by atoms with van der Waals surface area (Å²) in [5.74, 6) is 5.17. The molecule has 0 radical (unpaired) electrons. The van der Waals surface area contributed by atoms with Crippen LogP contribution in [0.1, 0.15) is 5.56 Å². The highest BCUT2D eigenvalue weighted by atomic mass is 127. The van der Waals surface area contributed by atoms with E-state index < -0.39 is 0 Å². The van der Waals surface area contributed by atoms with Gasteiger partial charge in [0.2, 0.25) is 0 Å². The zero-order chi connectivity index (χ0) is 9.14. The van der Waals surface area contributed by atoms with Crippen molar-refractivity contribution >= 4 is 44.7 Å². The Morgan fingerprint density at radius 1 is 1.58 bits per heavy atom. The average molecular weight is 341 g/mol. The number of hydrogen-bond donors (Lipinski definition) is 2. The largest absolute Gasteiger partial charge is 0.506 e. The third-order valence-electron chi connectivity index (χ3n) is 1.27. The first-order valence-corrected chi connectivity index (χ1v) is 4.93. The molecule has 5 heteroatoms. The van der Waals surface area contributed by atoms with E-state index in [-0.39, 0.29) is 5.75 Å². The summed E-state index contributed by atoms with van der Waals surface area (Å²) >= 11 is 5.33. The lowest BCUT2D eigenvalue weighted by Gasteiger charge is -2.01. The summed E-state index contributed by atoms with van der Waals surface area (Å²) < 4.78 is 1.65. The van der Waals surface area contributed by atoms with Gasteiger partial charge >= 0.3 is 0 Å². The van der Waals surface area contributed by atoms with Gasteiger partial charge in [0.1, 0.15) is 5.75 Å². The van der Waals surface area contributed by atoms with E-state index in [1.54, 1.807) is 6.07 Å². The van der Waals surface area contributed by atoms with Crippen molar-refractivity contribution in [2.24, 2.45) is 10.9 Å². The number of halogens is 2. The fourth-order valence-electron chi connectivity index (χ4n) is 0.765. The quantitative estimate of drug-likeness (QED) is 0.356. The zero-order valence-electron chi connectivity index (χ0n) is 5.96. The molecule has 12 heavy (non-hydrogen) atoms. The van der Waals surface area contributed by atoms with Crippen LogP contribution in [0.4, 0.5) is 0 Å². The lowest BCUT2D eigenvalue weighted by molar-refractivity contribution is 0.470. The summed E-state index contributed by atoms with van der Waals surface area (Å²) in [6.45, 7) is 0. The molecule has 0 bridgehead atoms. The Balaban J connectivity index is 3.27. The SMILES string of the molecule is NN=Cc1cc(Br)cc(I)c1O. The predicted octanol–water partition coefficient (Wildman–Crippen LogP) is 2.05. The van der Waals surface area contributed by atoms with Gasteiger partial charge in [-0.15, -0.1) is 0 Å². The number of hydrazone groups is 1. The average Bonchev–Trinajstić information content (AvgIpc) is 2.00. The Labute approximate surface area is 91.9 Å². The smallest absolute Gasteiger partial charge is 0.137 e. The Morgan fingerprint density at radius 3 is 2.83 bits per heavy atom. The molecule has 3 nitrogen and oxygen atoms in total. The fraction of sp³-hybridized carbons (Fsp3) is 0. The van der Waals surface area contributed by atoms with Gasteiger partial charge in [0.15, 0.2) is 0 Å². The molecule has 0 spiro atoms. The number of aromatic hydroxyl groups is 1. The molecule has 0 amide bonds. The van der Waals surface area contributed by atoms with Crippen molar-refractivity contribution in [3.63, 3.8) is 0 Å². The summed E-state index contributed by atoms with van der Waals surface area (Å²) in [6, 6.07) is 3.55. The van der Waals surface area contributed by atoms with Gasteiger partial charge in [0, 0.05) is 10.0 Å². The third kappa shape index (κ3) is 2.10. The van der Waals surface area contributed by atoms with Crippen molar-refractivity contribution in [1.29, 1.82) is 0 Å². The van der Waals surface area contributed by atoms with Gasteiger partial charge in [0.05, 0.1) is 9.78 Å². The topological polar surface area (TPSA) is 58.6 Å². The van der Waals surface area contributed by atoms with Crippen LogP contribution in [0, 0.1) is 3.57 Å². The van der Waals surface area contributed by atoms with E-state index in [4.69, 9.17) is 5.84 Å². The van der Waals surface area contributed by atoms with Crippen LogP contribution in [0.5, 0.6) is 5.75 Å². The van der Waals surface area contributed by atoms with Crippen molar-refractivity contribution in [2.45, 2.75) is 0 Å². The highest BCUT2D eigenvalue weighted by Crippen LogP contribution is 2.27. The molecule has 1 aromatic rings. The van der Waals surface area contributed by atoms with Crippen LogP contribution in [0.25, 0.3) is 0 Å². The monoisotopic (exact) mass is 340 g/mol. The van der Waals surface area contributed by atoms with Crippen LogP contribution in [0.2, 0.25) is 0 Å². The molecule has 0 atom stereocenters. The fourth-order valence-corrected chi connectivity index (χ4v) is 2.31. The molecule has 64 valence electrons. The van der Waals surface area contributed by atoms with Crippen LogP contribution in [-0.2, 0) is 0 Å². The molecule has 0 saturated heterocycles. The zero-order valence-corrected chi connectivity index (χ0v) is 9.70. The van der Waals surface area contributed by atoms with Crippen molar-refractivity contribution in [3.05, 3.63) is 25.7 Å². The number of hydrogen-bond acceptors (Lipinski definition) is 3. The molecule has 0 heterocycles. The van der Waals surface area contributed by atoms with Gasteiger partial charge in [-0.05, 0) is 34.7 Å². The normalized spacial score (nSPS) is 10.8. The van der Waals surface area contributed by atoms with E-state index in [1.807, 2.05) is 28.7 Å². The van der Waals surface area contributed by atoms with Crippen LogP contribution >= 0.6 is 38.5 Å². The van der Waals surface area contributed by atoms with Gasteiger partial charge in [-0.2, -0.15) is 5.10 Å². The van der Waals surface area contributed by atoms with Gasteiger partial charge in [-0.3, -0.25) is 0 Å². The summed E-state index contributed by atoms with van der Waals surface area (Å²) in [4.78, 5) is 0. The molecular weight excluding hydrogens is 335 g/mol. The van der Waals surface area contributed by atoms with Crippen LogP contribution in [-0.4, -0.2) is 11.3 Å².